The van der Waals surface area contributed by atoms with Crippen molar-refractivity contribution in [1.29, 1.82) is 0 Å². The van der Waals surface area contributed by atoms with Crippen molar-refractivity contribution in [3.05, 3.63) is 24.0 Å². The van der Waals surface area contributed by atoms with Gasteiger partial charge in [0.05, 0.1) is 19.4 Å². The third-order valence-electron chi connectivity index (χ3n) is 2.38. The normalized spacial score (nSPS) is 10.0. The largest absolute Gasteiger partial charge is 0.494 e. The van der Waals surface area contributed by atoms with Crippen molar-refractivity contribution < 1.29 is 18.7 Å². The smallest absolute Gasteiger partial charge is 0.321 e. The lowest BCUT2D eigenvalue weighted by Gasteiger charge is -2.18. The van der Waals surface area contributed by atoms with Crippen LogP contribution in [-0.4, -0.2) is 45.3 Å². The van der Waals surface area contributed by atoms with E-state index in [1.807, 2.05) is 0 Å². The molecule has 1 rings (SSSR count). The van der Waals surface area contributed by atoms with E-state index in [-0.39, 0.29) is 11.8 Å². The number of hydrogen-bond acceptors (Lipinski definition) is 3. The summed E-state index contributed by atoms with van der Waals surface area (Å²) in [5.74, 6) is -0.138. The number of amides is 2. The number of nitrogens with zero attached hydrogens (tertiary/aromatic N) is 1. The van der Waals surface area contributed by atoms with Gasteiger partial charge in [-0.05, 0) is 12.1 Å². The van der Waals surface area contributed by atoms with E-state index in [4.69, 9.17) is 9.47 Å². The Bertz CT molecular complexity index is 412. The number of hydrogen-bond donors (Lipinski definition) is 1. The second kappa shape index (κ2) is 6.80. The van der Waals surface area contributed by atoms with Crippen LogP contribution in [-0.2, 0) is 4.74 Å². The SMILES string of the molecule is COCCN(C)C(=O)Nc1ccc(F)cc1OC. The Hall–Kier alpha value is -1.82. The average Bonchev–Trinajstić information content (AvgIpc) is 2.37. The number of nitrogens with one attached hydrogen (secondary N) is 1. The van der Waals surface area contributed by atoms with Crippen molar-refractivity contribution in [2.75, 3.05) is 39.7 Å². The fraction of sp³-hybridized carbons (Fsp3) is 0.417. The molecule has 0 aliphatic carbocycles. The molecule has 0 unspecified atom stereocenters. The Morgan fingerprint density at radius 2 is 2.17 bits per heavy atom. The molecule has 0 saturated heterocycles. The first-order valence-electron chi connectivity index (χ1n) is 5.43. The van der Waals surface area contributed by atoms with Crippen molar-refractivity contribution in [2.45, 2.75) is 0 Å². The molecular weight excluding hydrogens is 239 g/mol. The molecule has 0 spiro atoms. The molecule has 6 heteroatoms. The topological polar surface area (TPSA) is 50.8 Å². The van der Waals surface area contributed by atoms with Crippen LogP contribution in [0.3, 0.4) is 0 Å². The highest BCUT2D eigenvalue weighted by Gasteiger charge is 2.11. The zero-order valence-electron chi connectivity index (χ0n) is 10.7. The number of benzene rings is 1. The molecule has 0 bridgehead atoms. The number of carbonyl (C=O) groups excluding carboxylic acids is 1. The maximum Gasteiger partial charge on any atom is 0.321 e. The number of halogens is 1. The van der Waals surface area contributed by atoms with Crippen molar-refractivity contribution in [2.24, 2.45) is 0 Å². The van der Waals surface area contributed by atoms with Crippen molar-refractivity contribution in [3.63, 3.8) is 0 Å². The zero-order chi connectivity index (χ0) is 13.5. The Balaban J connectivity index is 2.69. The molecule has 1 N–H and O–H groups in total. The van der Waals surface area contributed by atoms with E-state index in [9.17, 15) is 9.18 Å². The summed E-state index contributed by atoms with van der Waals surface area (Å²) in [4.78, 5) is 13.2. The summed E-state index contributed by atoms with van der Waals surface area (Å²) in [5, 5.41) is 2.64. The summed E-state index contributed by atoms with van der Waals surface area (Å²) in [6, 6.07) is 3.62. The van der Waals surface area contributed by atoms with E-state index >= 15 is 0 Å². The van der Waals surface area contributed by atoms with Gasteiger partial charge in [-0.3, -0.25) is 0 Å². The number of carbonyl (C=O) groups is 1. The molecule has 0 atom stereocenters. The van der Waals surface area contributed by atoms with Crippen LogP contribution in [0.1, 0.15) is 0 Å². The Morgan fingerprint density at radius 1 is 1.44 bits per heavy atom. The molecule has 0 saturated carbocycles. The summed E-state index contributed by atoms with van der Waals surface area (Å²) >= 11 is 0. The molecule has 0 fully saturated rings. The fourth-order valence-electron chi connectivity index (χ4n) is 1.31. The van der Waals surface area contributed by atoms with Crippen LogP contribution in [0.2, 0.25) is 0 Å². The van der Waals surface area contributed by atoms with E-state index in [2.05, 4.69) is 5.32 Å². The average molecular weight is 256 g/mol. The lowest BCUT2D eigenvalue weighted by atomic mass is 10.3. The summed E-state index contributed by atoms with van der Waals surface area (Å²) in [6.07, 6.45) is 0. The number of likely N-dealkylation sites (N-methyl/N-ethyl adjacent to an activating group) is 1. The molecule has 0 aliphatic heterocycles. The number of methoxy groups -OCH3 is 2. The van der Waals surface area contributed by atoms with Gasteiger partial charge in [0.15, 0.2) is 0 Å². The molecule has 1 aromatic carbocycles. The molecular formula is C12H17FN2O3. The Kier molecular flexibility index (Phi) is 5.38. The molecule has 18 heavy (non-hydrogen) atoms. The molecule has 1 aromatic rings. The number of rotatable bonds is 5. The second-order valence-corrected chi connectivity index (χ2v) is 3.69. The second-order valence-electron chi connectivity index (χ2n) is 3.69. The minimum Gasteiger partial charge on any atom is -0.494 e. The summed E-state index contributed by atoms with van der Waals surface area (Å²) in [6.45, 7) is 0.913. The van der Waals surface area contributed by atoms with Gasteiger partial charge in [0.25, 0.3) is 0 Å². The molecule has 0 heterocycles. The zero-order valence-corrected chi connectivity index (χ0v) is 10.7. The van der Waals surface area contributed by atoms with E-state index < -0.39 is 5.82 Å². The molecule has 0 radical (unpaired) electrons. The number of anilines is 1. The Morgan fingerprint density at radius 3 is 2.78 bits per heavy atom. The quantitative estimate of drug-likeness (QED) is 0.876. The van der Waals surface area contributed by atoms with Crippen LogP contribution >= 0.6 is 0 Å². The van der Waals surface area contributed by atoms with Crippen LogP contribution in [0.5, 0.6) is 5.75 Å². The van der Waals surface area contributed by atoms with Crippen LogP contribution in [0, 0.1) is 5.82 Å². The van der Waals surface area contributed by atoms with Gasteiger partial charge >= 0.3 is 6.03 Å². The third kappa shape index (κ3) is 3.89. The highest BCUT2D eigenvalue weighted by Crippen LogP contribution is 2.25. The predicted molar refractivity (Wildman–Crippen MR) is 66.5 cm³/mol. The standard InChI is InChI=1S/C12H17FN2O3/c1-15(6-7-17-2)12(16)14-10-5-4-9(13)8-11(10)18-3/h4-5,8H,6-7H2,1-3H3,(H,14,16). The van der Waals surface area contributed by atoms with Gasteiger partial charge in [0.2, 0.25) is 0 Å². The van der Waals surface area contributed by atoms with Gasteiger partial charge in [-0.15, -0.1) is 0 Å². The van der Waals surface area contributed by atoms with Gasteiger partial charge < -0.3 is 19.7 Å². The van der Waals surface area contributed by atoms with E-state index in [0.29, 0.717) is 18.8 Å². The first-order chi connectivity index (χ1) is 8.58. The van der Waals surface area contributed by atoms with Crippen LogP contribution in [0.4, 0.5) is 14.9 Å². The number of urea groups is 1. The molecule has 0 aromatic heterocycles. The molecule has 0 aliphatic rings. The first kappa shape index (κ1) is 14.2. The molecule has 2 amide bonds. The fourth-order valence-corrected chi connectivity index (χ4v) is 1.31. The predicted octanol–water partition coefficient (Wildman–Crippen LogP) is 1.94. The van der Waals surface area contributed by atoms with Crippen LogP contribution < -0.4 is 10.1 Å². The summed E-state index contributed by atoms with van der Waals surface area (Å²) < 4.78 is 22.8. The third-order valence-corrected chi connectivity index (χ3v) is 2.38. The minimum atomic E-state index is -0.419. The summed E-state index contributed by atoms with van der Waals surface area (Å²) in [7, 11) is 4.62. The lowest BCUT2D eigenvalue weighted by molar-refractivity contribution is 0.165. The van der Waals surface area contributed by atoms with Crippen LogP contribution in [0.15, 0.2) is 18.2 Å². The van der Waals surface area contributed by atoms with Gasteiger partial charge in [-0.1, -0.05) is 0 Å². The maximum atomic E-state index is 13.0. The minimum absolute atomic E-state index is 0.281. The van der Waals surface area contributed by atoms with Gasteiger partial charge in [-0.25, -0.2) is 9.18 Å². The summed E-state index contributed by atoms with van der Waals surface area (Å²) in [5.41, 5.74) is 0.424. The lowest BCUT2D eigenvalue weighted by Crippen LogP contribution is -2.33. The van der Waals surface area contributed by atoms with Gasteiger partial charge in [-0.2, -0.15) is 0 Å². The number of ether oxygens (including phenoxy) is 2. The highest BCUT2D eigenvalue weighted by atomic mass is 19.1. The van der Waals surface area contributed by atoms with E-state index in [1.165, 1.54) is 30.2 Å². The molecule has 100 valence electrons. The van der Waals surface area contributed by atoms with Crippen molar-refractivity contribution in [1.82, 2.24) is 4.90 Å². The Labute approximate surface area is 105 Å². The van der Waals surface area contributed by atoms with Crippen molar-refractivity contribution in [3.8, 4) is 5.75 Å². The maximum absolute atomic E-state index is 13.0. The van der Waals surface area contributed by atoms with Crippen molar-refractivity contribution >= 4 is 11.7 Å². The van der Waals surface area contributed by atoms with E-state index in [1.54, 1.807) is 14.2 Å². The van der Waals surface area contributed by atoms with Gasteiger partial charge in [0, 0.05) is 26.8 Å². The monoisotopic (exact) mass is 256 g/mol. The van der Waals surface area contributed by atoms with Crippen LogP contribution in [0.25, 0.3) is 0 Å². The van der Waals surface area contributed by atoms with Gasteiger partial charge in [0.1, 0.15) is 11.6 Å². The molecule has 5 nitrogen and oxygen atoms in total. The first-order valence-corrected chi connectivity index (χ1v) is 5.43. The highest BCUT2D eigenvalue weighted by molar-refractivity contribution is 5.90. The van der Waals surface area contributed by atoms with E-state index in [0.717, 1.165) is 0 Å².